The van der Waals surface area contributed by atoms with Gasteiger partial charge in [-0.3, -0.25) is 4.79 Å². The summed E-state index contributed by atoms with van der Waals surface area (Å²) in [5.74, 6) is 0.421. The molecule has 10 heteroatoms. The van der Waals surface area contributed by atoms with Crippen molar-refractivity contribution < 1.29 is 22.5 Å². The molecule has 3 aromatic rings. The van der Waals surface area contributed by atoms with Gasteiger partial charge in [0.25, 0.3) is 5.91 Å². The van der Waals surface area contributed by atoms with Gasteiger partial charge in [-0.15, -0.1) is 0 Å². The standard InChI is InChI=1S/C24H22Cl2F3N3O2/c25-17-6-3-15(4-7-17)20-13-34-32-22(20)30-12-14-1-8-18(9-2-14)31-23(33)19-11-16(24(27,28)29)5-10-21(19)26/h3-7,10-11,13-14,18H,1-2,8-9,12H2,(H,30,32)(H,31,33)/t14-,18-. The van der Waals surface area contributed by atoms with Gasteiger partial charge in [-0.25, -0.2) is 0 Å². The van der Waals surface area contributed by atoms with Crippen LogP contribution < -0.4 is 10.6 Å². The van der Waals surface area contributed by atoms with E-state index < -0.39 is 17.6 Å². The van der Waals surface area contributed by atoms with Crippen LogP contribution in [0.3, 0.4) is 0 Å². The monoisotopic (exact) mass is 511 g/mol. The maximum Gasteiger partial charge on any atom is 0.416 e. The molecule has 1 saturated carbocycles. The molecule has 5 nitrogen and oxygen atoms in total. The number of aromatic nitrogens is 1. The average molecular weight is 512 g/mol. The van der Waals surface area contributed by atoms with Gasteiger partial charge in [0.05, 0.1) is 21.7 Å². The summed E-state index contributed by atoms with van der Waals surface area (Å²) in [6, 6.07) is 10.0. The maximum atomic E-state index is 13.0. The molecule has 1 heterocycles. The van der Waals surface area contributed by atoms with E-state index >= 15 is 0 Å². The Balaban J connectivity index is 1.29. The van der Waals surface area contributed by atoms with Crippen LogP contribution in [0.15, 0.2) is 53.3 Å². The van der Waals surface area contributed by atoms with Gasteiger partial charge >= 0.3 is 6.18 Å². The number of carbonyl (C=O) groups excluding carboxylic acids is 1. The number of carbonyl (C=O) groups is 1. The number of nitrogens with one attached hydrogen (secondary N) is 2. The summed E-state index contributed by atoms with van der Waals surface area (Å²) in [5, 5.41) is 10.9. The zero-order chi connectivity index (χ0) is 24.3. The molecular formula is C24H22Cl2F3N3O2. The Labute approximate surface area is 204 Å². The van der Waals surface area contributed by atoms with E-state index in [0.717, 1.165) is 55.0 Å². The first kappa shape index (κ1) is 24.4. The number of amides is 1. The van der Waals surface area contributed by atoms with E-state index in [4.69, 9.17) is 27.7 Å². The average Bonchev–Trinajstić information content (AvgIpc) is 3.27. The molecule has 2 aromatic carbocycles. The second-order valence-corrected chi connectivity index (χ2v) is 9.19. The summed E-state index contributed by atoms with van der Waals surface area (Å²) >= 11 is 11.9. The molecule has 2 N–H and O–H groups in total. The second-order valence-electron chi connectivity index (χ2n) is 8.35. The predicted molar refractivity (Wildman–Crippen MR) is 125 cm³/mol. The molecule has 1 aliphatic carbocycles. The van der Waals surface area contributed by atoms with Gasteiger partial charge in [-0.2, -0.15) is 13.2 Å². The number of hydrogen-bond donors (Lipinski definition) is 2. The van der Waals surface area contributed by atoms with Gasteiger partial charge in [-0.1, -0.05) is 40.5 Å². The van der Waals surface area contributed by atoms with E-state index in [1.807, 2.05) is 12.1 Å². The van der Waals surface area contributed by atoms with E-state index in [0.29, 0.717) is 23.3 Å². The van der Waals surface area contributed by atoms with Crippen molar-refractivity contribution in [2.75, 3.05) is 11.9 Å². The van der Waals surface area contributed by atoms with Crippen molar-refractivity contribution in [3.05, 3.63) is 69.9 Å². The molecule has 4 rings (SSSR count). The zero-order valence-corrected chi connectivity index (χ0v) is 19.5. The molecule has 1 fully saturated rings. The highest BCUT2D eigenvalue weighted by Gasteiger charge is 2.32. The third kappa shape index (κ3) is 5.85. The van der Waals surface area contributed by atoms with E-state index in [2.05, 4.69) is 15.8 Å². The lowest BCUT2D eigenvalue weighted by atomic mass is 9.86. The SMILES string of the molecule is O=C(N[C@H]1CC[C@H](CNc2nocc2-c2ccc(Cl)cc2)CC1)c1cc(C(F)(F)F)ccc1Cl. The Hall–Kier alpha value is -2.71. The van der Waals surface area contributed by atoms with Crippen molar-refractivity contribution in [1.29, 1.82) is 0 Å². The lowest BCUT2D eigenvalue weighted by Gasteiger charge is -2.29. The molecule has 0 atom stereocenters. The van der Waals surface area contributed by atoms with Crippen molar-refractivity contribution in [3.63, 3.8) is 0 Å². The topological polar surface area (TPSA) is 67.2 Å². The fourth-order valence-electron chi connectivity index (χ4n) is 4.09. The van der Waals surface area contributed by atoms with Gasteiger partial charge in [-0.05, 0) is 67.5 Å². The third-order valence-electron chi connectivity index (χ3n) is 6.00. The first-order valence-electron chi connectivity index (χ1n) is 10.8. The molecule has 0 bridgehead atoms. The van der Waals surface area contributed by atoms with Gasteiger partial charge in [0.2, 0.25) is 0 Å². The van der Waals surface area contributed by atoms with E-state index in [9.17, 15) is 18.0 Å². The molecule has 1 aromatic heterocycles. The molecule has 0 spiro atoms. The Kier molecular flexibility index (Phi) is 7.38. The van der Waals surface area contributed by atoms with Crippen molar-refractivity contribution in [1.82, 2.24) is 10.5 Å². The number of benzene rings is 2. The predicted octanol–water partition coefficient (Wildman–Crippen LogP) is 7.07. The van der Waals surface area contributed by atoms with Crippen LogP contribution in [0.25, 0.3) is 11.1 Å². The summed E-state index contributed by atoms with van der Waals surface area (Å²) in [6.07, 6.45) is 0.179. The lowest BCUT2D eigenvalue weighted by molar-refractivity contribution is -0.137. The van der Waals surface area contributed by atoms with Gasteiger partial charge in [0.15, 0.2) is 5.82 Å². The summed E-state index contributed by atoms with van der Waals surface area (Å²) in [5.41, 5.74) is 0.715. The fourth-order valence-corrected chi connectivity index (χ4v) is 4.42. The van der Waals surface area contributed by atoms with Crippen molar-refractivity contribution in [2.24, 2.45) is 5.92 Å². The molecular weight excluding hydrogens is 490 g/mol. The van der Waals surface area contributed by atoms with E-state index in [-0.39, 0.29) is 16.6 Å². The zero-order valence-electron chi connectivity index (χ0n) is 18.0. The second kappa shape index (κ2) is 10.3. The Morgan fingerprint density at radius 3 is 2.44 bits per heavy atom. The smallest absolute Gasteiger partial charge is 0.366 e. The summed E-state index contributed by atoms with van der Waals surface area (Å²) in [7, 11) is 0. The van der Waals surface area contributed by atoms with Crippen LogP contribution in [0.4, 0.5) is 19.0 Å². The highest BCUT2D eigenvalue weighted by Crippen LogP contribution is 2.33. The third-order valence-corrected chi connectivity index (χ3v) is 6.58. The molecule has 0 radical (unpaired) electrons. The lowest BCUT2D eigenvalue weighted by Crippen LogP contribution is -2.38. The minimum atomic E-state index is -4.54. The minimum absolute atomic E-state index is 0.00695. The van der Waals surface area contributed by atoms with Crippen LogP contribution in [0.2, 0.25) is 10.0 Å². The Bertz CT molecular complexity index is 1140. The fraction of sp³-hybridized carbons (Fsp3) is 0.333. The van der Waals surface area contributed by atoms with Crippen LogP contribution in [-0.2, 0) is 6.18 Å². The first-order valence-corrected chi connectivity index (χ1v) is 11.6. The number of halogens is 5. The van der Waals surface area contributed by atoms with Crippen LogP contribution in [0.1, 0.15) is 41.6 Å². The number of anilines is 1. The van der Waals surface area contributed by atoms with Crippen LogP contribution in [-0.4, -0.2) is 23.7 Å². The molecule has 34 heavy (non-hydrogen) atoms. The highest BCUT2D eigenvalue weighted by molar-refractivity contribution is 6.33. The van der Waals surface area contributed by atoms with Crippen LogP contribution >= 0.6 is 23.2 Å². The van der Waals surface area contributed by atoms with Crippen LogP contribution in [0, 0.1) is 5.92 Å². The summed E-state index contributed by atoms with van der Waals surface area (Å²) in [4.78, 5) is 12.6. The molecule has 0 aliphatic heterocycles. The van der Waals surface area contributed by atoms with Crippen molar-refractivity contribution in [2.45, 2.75) is 37.9 Å². The Morgan fingerprint density at radius 1 is 1.06 bits per heavy atom. The number of nitrogens with zero attached hydrogens (tertiary/aromatic N) is 1. The number of hydrogen-bond acceptors (Lipinski definition) is 4. The summed E-state index contributed by atoms with van der Waals surface area (Å²) in [6.45, 7) is 0.688. The number of rotatable bonds is 6. The number of alkyl halides is 3. The van der Waals surface area contributed by atoms with Crippen molar-refractivity contribution in [3.8, 4) is 11.1 Å². The highest BCUT2D eigenvalue weighted by atomic mass is 35.5. The van der Waals surface area contributed by atoms with Crippen LogP contribution in [0.5, 0.6) is 0 Å². The molecule has 0 unspecified atom stereocenters. The molecule has 0 saturated heterocycles. The molecule has 1 amide bonds. The van der Waals surface area contributed by atoms with Gasteiger partial charge in [0.1, 0.15) is 6.26 Å². The quantitative estimate of drug-likeness (QED) is 0.371. The normalized spacial score (nSPS) is 18.5. The van der Waals surface area contributed by atoms with Crippen molar-refractivity contribution >= 4 is 34.9 Å². The van der Waals surface area contributed by atoms with Gasteiger partial charge in [0, 0.05) is 17.6 Å². The Morgan fingerprint density at radius 2 is 1.76 bits per heavy atom. The summed E-state index contributed by atoms with van der Waals surface area (Å²) < 4.78 is 44.1. The van der Waals surface area contributed by atoms with E-state index in [1.54, 1.807) is 18.4 Å². The largest absolute Gasteiger partial charge is 0.416 e. The molecule has 1 aliphatic rings. The van der Waals surface area contributed by atoms with Gasteiger partial charge < -0.3 is 15.2 Å². The van der Waals surface area contributed by atoms with E-state index in [1.165, 1.54) is 0 Å². The minimum Gasteiger partial charge on any atom is -0.366 e. The molecule has 180 valence electrons. The first-order chi connectivity index (χ1) is 16.2. The maximum absolute atomic E-state index is 13.0.